The largest absolute Gasteiger partial charge is 0.248 e. The maximum atomic E-state index is 5.56. The first-order valence-electron chi connectivity index (χ1n) is 18.3. The molecule has 0 spiro atoms. The average Bonchev–Trinajstić information content (AvgIpc) is 3.54. The molecule has 53 heavy (non-hydrogen) atoms. The van der Waals surface area contributed by atoms with Crippen LogP contribution < -0.4 is 0 Å². The minimum absolute atomic E-state index is 0.514. The van der Waals surface area contributed by atoms with E-state index in [-0.39, 0.29) is 0 Å². The van der Waals surface area contributed by atoms with Crippen LogP contribution >= 0.6 is 0 Å². The van der Waals surface area contributed by atoms with Crippen LogP contribution in [0, 0.1) is 0 Å². The molecular weight excluding hydrogens is 639 g/mol. The monoisotopic (exact) mass is 673 g/mol. The van der Waals surface area contributed by atoms with E-state index in [1.54, 1.807) is 0 Å². The van der Waals surface area contributed by atoms with E-state index in [0.717, 1.165) is 28.1 Å². The summed E-state index contributed by atoms with van der Waals surface area (Å²) >= 11 is 0. The van der Waals surface area contributed by atoms with Crippen molar-refractivity contribution in [3.8, 4) is 55.9 Å². The van der Waals surface area contributed by atoms with Gasteiger partial charge in [0.25, 0.3) is 0 Å². The molecule has 1 heterocycles. The van der Waals surface area contributed by atoms with Crippen LogP contribution in [0.2, 0.25) is 0 Å². The van der Waals surface area contributed by atoms with Crippen molar-refractivity contribution in [2.45, 2.75) is 5.41 Å². The number of hydrogen-bond donors (Lipinski definition) is 0. The van der Waals surface area contributed by atoms with Crippen LogP contribution in [0.15, 0.2) is 212 Å². The Labute approximate surface area is 310 Å². The molecule has 10 rings (SSSR count). The number of nitrogens with zero attached hydrogens (tertiary/aromatic N) is 1. The molecule has 0 unspecified atom stereocenters. The Morgan fingerprint density at radius 3 is 1.47 bits per heavy atom. The molecule has 1 aliphatic carbocycles. The fraction of sp³-hybridized carbons (Fsp3) is 0.0192. The fourth-order valence-corrected chi connectivity index (χ4v) is 8.60. The van der Waals surface area contributed by atoms with Crippen molar-refractivity contribution in [3.05, 3.63) is 235 Å². The highest BCUT2D eigenvalue weighted by Crippen LogP contribution is 2.59. The highest BCUT2D eigenvalue weighted by Gasteiger charge is 2.47. The summed E-state index contributed by atoms with van der Waals surface area (Å²) in [6.07, 6.45) is 0. The van der Waals surface area contributed by atoms with Crippen LogP contribution in [0.3, 0.4) is 0 Å². The maximum Gasteiger partial charge on any atom is 0.0728 e. The maximum absolute atomic E-state index is 5.56. The molecule has 8 aromatic carbocycles. The third-order valence-corrected chi connectivity index (χ3v) is 10.9. The first-order valence-corrected chi connectivity index (χ1v) is 18.3. The van der Waals surface area contributed by atoms with Crippen molar-refractivity contribution in [2.75, 3.05) is 0 Å². The number of hydrogen-bond acceptors (Lipinski definition) is 1. The predicted molar refractivity (Wildman–Crippen MR) is 221 cm³/mol. The third-order valence-electron chi connectivity index (χ3n) is 10.9. The zero-order valence-electron chi connectivity index (χ0n) is 29.2. The number of aromatic nitrogens is 1. The summed E-state index contributed by atoms with van der Waals surface area (Å²) in [5, 5.41) is 2.40. The van der Waals surface area contributed by atoms with E-state index in [1.807, 2.05) is 0 Å². The topological polar surface area (TPSA) is 12.9 Å². The van der Waals surface area contributed by atoms with E-state index in [4.69, 9.17) is 4.98 Å². The van der Waals surface area contributed by atoms with Crippen LogP contribution in [-0.2, 0) is 5.41 Å². The molecule has 1 aliphatic rings. The average molecular weight is 674 g/mol. The smallest absolute Gasteiger partial charge is 0.0728 e. The van der Waals surface area contributed by atoms with Gasteiger partial charge in [-0.1, -0.05) is 194 Å². The summed E-state index contributed by atoms with van der Waals surface area (Å²) in [7, 11) is 0. The second-order valence-corrected chi connectivity index (χ2v) is 13.9. The summed E-state index contributed by atoms with van der Waals surface area (Å²) in [5.74, 6) is 0. The number of rotatable bonds is 6. The van der Waals surface area contributed by atoms with Gasteiger partial charge in [0.05, 0.1) is 16.8 Å². The molecule has 0 saturated heterocycles. The van der Waals surface area contributed by atoms with E-state index in [2.05, 4.69) is 212 Å². The minimum Gasteiger partial charge on any atom is -0.248 e. The van der Waals surface area contributed by atoms with E-state index in [0.29, 0.717) is 0 Å². The summed E-state index contributed by atoms with van der Waals surface area (Å²) in [6, 6.07) is 77.0. The number of benzene rings is 8. The van der Waals surface area contributed by atoms with Crippen LogP contribution in [0.4, 0.5) is 0 Å². The molecule has 0 aliphatic heterocycles. The number of pyridine rings is 1. The van der Waals surface area contributed by atoms with Crippen molar-refractivity contribution in [1.82, 2.24) is 4.98 Å². The highest BCUT2D eigenvalue weighted by molar-refractivity contribution is 6.09. The van der Waals surface area contributed by atoms with Gasteiger partial charge in [0.15, 0.2) is 0 Å². The summed E-state index contributed by atoms with van der Waals surface area (Å²) < 4.78 is 0. The standard InChI is InChI=1S/C52H35N/c1-5-17-36(18-6-1)37-29-31-38(32-30-37)41-34-48(39-19-7-2-8-20-39)53-49(35-41)51-44-26-14-13-21-40(44)33-47-50(51)45-27-15-16-28-46(45)52(47,42-22-9-3-10-23-42)43-24-11-4-12-25-43/h1-35H. The highest BCUT2D eigenvalue weighted by atomic mass is 14.7. The summed E-state index contributed by atoms with van der Waals surface area (Å²) in [6.45, 7) is 0. The number of fused-ring (bicyclic) bond motifs is 4. The van der Waals surface area contributed by atoms with Gasteiger partial charge in [0, 0.05) is 11.1 Å². The second kappa shape index (κ2) is 12.7. The SMILES string of the molecule is c1ccc(-c2ccc(-c3cc(-c4ccccc4)nc(-c4c5c(cc6ccccc46)C(c4ccccc4)(c4ccccc4)c4ccccc4-5)c3)cc2)cc1. The van der Waals surface area contributed by atoms with Gasteiger partial charge in [-0.2, -0.15) is 0 Å². The summed E-state index contributed by atoms with van der Waals surface area (Å²) in [4.78, 5) is 5.56. The van der Waals surface area contributed by atoms with Crippen molar-refractivity contribution >= 4 is 10.8 Å². The van der Waals surface area contributed by atoms with E-state index in [9.17, 15) is 0 Å². The van der Waals surface area contributed by atoms with Gasteiger partial charge in [0.1, 0.15) is 0 Å². The first kappa shape index (κ1) is 30.9. The minimum atomic E-state index is -0.514. The Bertz CT molecular complexity index is 2690. The molecule has 0 N–H and O–H groups in total. The van der Waals surface area contributed by atoms with Crippen LogP contribution in [0.5, 0.6) is 0 Å². The normalized spacial score (nSPS) is 12.7. The molecule has 0 amide bonds. The predicted octanol–water partition coefficient (Wildman–Crippen LogP) is 13.3. The Morgan fingerprint density at radius 1 is 0.321 bits per heavy atom. The van der Waals surface area contributed by atoms with Gasteiger partial charge in [-0.05, 0) is 84.6 Å². The molecule has 9 aromatic rings. The quantitative estimate of drug-likeness (QED) is 0.171. The molecule has 0 bridgehead atoms. The Kier molecular flexibility index (Phi) is 7.44. The molecule has 0 saturated carbocycles. The molecule has 0 radical (unpaired) electrons. The van der Waals surface area contributed by atoms with Gasteiger partial charge in [0.2, 0.25) is 0 Å². The molecule has 1 nitrogen and oxygen atoms in total. The molecule has 1 aromatic heterocycles. The lowest BCUT2D eigenvalue weighted by Gasteiger charge is -2.34. The Morgan fingerprint density at radius 2 is 0.811 bits per heavy atom. The van der Waals surface area contributed by atoms with E-state index < -0.39 is 5.41 Å². The lowest BCUT2D eigenvalue weighted by atomic mass is 9.67. The fourth-order valence-electron chi connectivity index (χ4n) is 8.60. The molecular formula is C52H35N. The van der Waals surface area contributed by atoms with Crippen LogP contribution in [0.25, 0.3) is 66.7 Å². The van der Waals surface area contributed by atoms with Gasteiger partial charge in [-0.15, -0.1) is 0 Å². The molecule has 1 heteroatoms. The zero-order chi connectivity index (χ0) is 35.2. The lowest BCUT2D eigenvalue weighted by molar-refractivity contribution is 0.769. The molecule has 0 fully saturated rings. The second-order valence-electron chi connectivity index (χ2n) is 13.9. The van der Waals surface area contributed by atoms with Gasteiger partial charge in [-0.3, -0.25) is 0 Å². The Hall–Kier alpha value is -6.83. The van der Waals surface area contributed by atoms with E-state index in [1.165, 1.54) is 60.8 Å². The van der Waals surface area contributed by atoms with Crippen LogP contribution in [-0.4, -0.2) is 4.98 Å². The van der Waals surface area contributed by atoms with Crippen LogP contribution in [0.1, 0.15) is 22.3 Å². The lowest BCUT2D eigenvalue weighted by Crippen LogP contribution is -2.28. The van der Waals surface area contributed by atoms with Crippen molar-refractivity contribution in [1.29, 1.82) is 0 Å². The first-order chi connectivity index (χ1) is 26.3. The van der Waals surface area contributed by atoms with Crippen molar-refractivity contribution in [2.24, 2.45) is 0 Å². The zero-order valence-corrected chi connectivity index (χ0v) is 29.2. The Balaban J connectivity index is 1.29. The van der Waals surface area contributed by atoms with Crippen molar-refractivity contribution in [3.63, 3.8) is 0 Å². The van der Waals surface area contributed by atoms with Crippen molar-refractivity contribution < 1.29 is 0 Å². The van der Waals surface area contributed by atoms with E-state index >= 15 is 0 Å². The summed E-state index contributed by atoms with van der Waals surface area (Å²) in [5.41, 5.74) is 16.0. The molecule has 248 valence electrons. The molecule has 0 atom stereocenters. The van der Waals surface area contributed by atoms with Gasteiger partial charge >= 0.3 is 0 Å². The third kappa shape index (κ3) is 5.05. The van der Waals surface area contributed by atoms with Gasteiger partial charge < -0.3 is 0 Å². The van der Waals surface area contributed by atoms with Gasteiger partial charge in [-0.25, -0.2) is 4.98 Å².